The van der Waals surface area contributed by atoms with Crippen molar-refractivity contribution in [3.63, 3.8) is 0 Å². The summed E-state index contributed by atoms with van der Waals surface area (Å²) in [6.07, 6.45) is 36.5. The molecule has 0 aliphatic carbocycles. The summed E-state index contributed by atoms with van der Waals surface area (Å²) < 4.78 is 10.2. The van der Waals surface area contributed by atoms with Crippen molar-refractivity contribution in [2.45, 2.75) is 187 Å². The maximum atomic E-state index is 12.0. The first-order valence-corrected chi connectivity index (χ1v) is 19.0. The quantitative estimate of drug-likeness (QED) is 0.0318. The highest BCUT2D eigenvalue weighted by molar-refractivity contribution is 5.69. The highest BCUT2D eigenvalue weighted by Gasteiger charge is 2.12. The molecule has 0 aromatic carbocycles. The molecule has 0 saturated carbocycles. The van der Waals surface area contributed by atoms with Gasteiger partial charge in [0.15, 0.2) is 0 Å². The largest absolute Gasteiger partial charge is 0.463 e. The summed E-state index contributed by atoms with van der Waals surface area (Å²) in [6.45, 7) is 6.48. The van der Waals surface area contributed by atoms with E-state index in [1.54, 1.807) is 6.08 Å². The van der Waals surface area contributed by atoms with E-state index in [0.29, 0.717) is 19.3 Å². The average Bonchev–Trinajstić information content (AvgIpc) is 3.05. The fourth-order valence-corrected chi connectivity index (χ4v) is 5.19. The van der Waals surface area contributed by atoms with E-state index < -0.39 is 18.2 Å². The number of esters is 2. The van der Waals surface area contributed by atoms with Gasteiger partial charge in [0.2, 0.25) is 0 Å². The molecule has 6 nitrogen and oxygen atoms in total. The van der Waals surface area contributed by atoms with E-state index >= 15 is 0 Å². The molecule has 0 fully saturated rings. The first-order valence-electron chi connectivity index (χ1n) is 19.0. The molecule has 46 heavy (non-hydrogen) atoms. The maximum Gasteiger partial charge on any atom is 0.305 e. The SMILES string of the molecule is CCCCCCCC/C=C/C/C=C/C=C/C(O)CCCC(=O)OC[C@H](O)COC(=O)CCCCCCCCCCCCC(C)CC. The smallest absolute Gasteiger partial charge is 0.305 e. The highest BCUT2D eigenvalue weighted by atomic mass is 16.6. The second-order valence-corrected chi connectivity index (χ2v) is 13.1. The maximum absolute atomic E-state index is 12.0. The normalized spacial score (nSPS) is 13.9. The zero-order valence-electron chi connectivity index (χ0n) is 30.1. The molecule has 0 spiro atoms. The second-order valence-electron chi connectivity index (χ2n) is 13.1. The van der Waals surface area contributed by atoms with E-state index in [4.69, 9.17) is 9.47 Å². The predicted octanol–water partition coefficient (Wildman–Crippen LogP) is 10.5. The molecule has 0 radical (unpaired) electrons. The molecule has 0 aliphatic rings. The van der Waals surface area contributed by atoms with Gasteiger partial charge < -0.3 is 19.7 Å². The monoisotopic (exact) mass is 649 g/mol. The Hall–Kier alpha value is -1.92. The van der Waals surface area contributed by atoms with Crippen molar-refractivity contribution in [3.8, 4) is 0 Å². The predicted molar refractivity (Wildman–Crippen MR) is 193 cm³/mol. The van der Waals surface area contributed by atoms with Gasteiger partial charge >= 0.3 is 11.9 Å². The number of ether oxygens (including phenoxy) is 2. The summed E-state index contributed by atoms with van der Waals surface area (Å²) in [4.78, 5) is 23.9. The number of aliphatic hydroxyl groups excluding tert-OH is 2. The molecule has 0 aromatic heterocycles. The van der Waals surface area contributed by atoms with Crippen LogP contribution in [0.5, 0.6) is 0 Å². The lowest BCUT2D eigenvalue weighted by Gasteiger charge is -2.12. The van der Waals surface area contributed by atoms with Crippen LogP contribution >= 0.6 is 0 Å². The first-order chi connectivity index (χ1) is 22.4. The summed E-state index contributed by atoms with van der Waals surface area (Å²) in [5, 5.41) is 20.1. The Morgan fingerprint density at radius 2 is 1.15 bits per heavy atom. The Balaban J connectivity index is 3.64. The fourth-order valence-electron chi connectivity index (χ4n) is 5.19. The van der Waals surface area contributed by atoms with E-state index in [-0.39, 0.29) is 25.6 Å². The van der Waals surface area contributed by atoms with Crippen LogP contribution in [0.3, 0.4) is 0 Å². The minimum atomic E-state index is -1.03. The molecule has 0 amide bonds. The molecule has 0 bridgehead atoms. The van der Waals surface area contributed by atoms with Gasteiger partial charge in [0.05, 0.1) is 6.10 Å². The third-order valence-corrected chi connectivity index (χ3v) is 8.52. The molecule has 0 heterocycles. The van der Waals surface area contributed by atoms with Crippen LogP contribution in [0.25, 0.3) is 0 Å². The summed E-state index contributed by atoms with van der Waals surface area (Å²) >= 11 is 0. The zero-order valence-corrected chi connectivity index (χ0v) is 30.1. The number of allylic oxidation sites excluding steroid dienone is 5. The fraction of sp³-hybridized carbons (Fsp3) is 0.800. The standard InChI is InChI=1S/C40H72O6/c1-4-6-7-8-9-10-11-12-13-17-20-23-26-30-37(41)31-28-33-40(44)46-35-38(42)34-45-39(43)32-27-24-21-18-15-14-16-19-22-25-29-36(3)5-2/h12-13,20,23,26,30,36-38,41-42H,4-11,14-19,21-22,24-25,27-29,31-35H2,1-3H3/b13-12+,23-20+,30-26+/t36?,37?,38-/m1/s1. The summed E-state index contributed by atoms with van der Waals surface area (Å²) in [5.74, 6) is 0.114. The first kappa shape index (κ1) is 44.1. The average molecular weight is 649 g/mol. The van der Waals surface area contributed by atoms with Gasteiger partial charge in [-0.05, 0) is 44.4 Å². The van der Waals surface area contributed by atoms with E-state index in [9.17, 15) is 19.8 Å². The van der Waals surface area contributed by atoms with Crippen LogP contribution in [-0.4, -0.2) is 47.6 Å². The van der Waals surface area contributed by atoms with Gasteiger partial charge in [-0.3, -0.25) is 9.59 Å². The van der Waals surface area contributed by atoms with Gasteiger partial charge in [0.1, 0.15) is 19.3 Å². The Bertz CT molecular complexity index is 774. The molecule has 3 atom stereocenters. The minimum Gasteiger partial charge on any atom is -0.463 e. The number of rotatable bonds is 33. The van der Waals surface area contributed by atoms with Crippen molar-refractivity contribution in [1.82, 2.24) is 0 Å². The molecule has 6 heteroatoms. The molecule has 0 aliphatic heterocycles. The number of carbonyl (C=O) groups excluding carboxylic acids is 2. The van der Waals surface area contributed by atoms with Crippen LogP contribution in [0.1, 0.15) is 175 Å². The third-order valence-electron chi connectivity index (χ3n) is 8.52. The Morgan fingerprint density at radius 3 is 1.76 bits per heavy atom. The number of hydrogen-bond donors (Lipinski definition) is 2. The van der Waals surface area contributed by atoms with E-state index in [2.05, 4.69) is 39.0 Å². The topological polar surface area (TPSA) is 93.1 Å². The van der Waals surface area contributed by atoms with Crippen LogP contribution in [0.4, 0.5) is 0 Å². The molecule has 268 valence electrons. The van der Waals surface area contributed by atoms with Crippen molar-refractivity contribution in [2.24, 2.45) is 5.92 Å². The second kappa shape index (κ2) is 34.4. The van der Waals surface area contributed by atoms with Gasteiger partial charge in [-0.2, -0.15) is 0 Å². The van der Waals surface area contributed by atoms with Crippen LogP contribution in [0, 0.1) is 5.92 Å². The number of carbonyl (C=O) groups is 2. The lowest BCUT2D eigenvalue weighted by Crippen LogP contribution is -2.25. The van der Waals surface area contributed by atoms with E-state index in [1.807, 2.05) is 12.2 Å². The van der Waals surface area contributed by atoms with Crippen molar-refractivity contribution in [2.75, 3.05) is 13.2 Å². The van der Waals surface area contributed by atoms with E-state index in [0.717, 1.165) is 38.0 Å². The summed E-state index contributed by atoms with van der Waals surface area (Å²) in [5.41, 5.74) is 0. The third kappa shape index (κ3) is 33.4. The van der Waals surface area contributed by atoms with Crippen LogP contribution < -0.4 is 0 Å². The summed E-state index contributed by atoms with van der Waals surface area (Å²) in [7, 11) is 0. The Kier molecular flexibility index (Phi) is 33.0. The lowest BCUT2D eigenvalue weighted by molar-refractivity contribution is -0.152. The molecule has 0 rings (SSSR count). The molecular formula is C40H72O6. The van der Waals surface area contributed by atoms with Crippen molar-refractivity contribution in [1.29, 1.82) is 0 Å². The Labute approximate surface area is 283 Å². The van der Waals surface area contributed by atoms with Gasteiger partial charge in [-0.25, -0.2) is 0 Å². The van der Waals surface area contributed by atoms with Gasteiger partial charge in [-0.15, -0.1) is 0 Å². The Morgan fingerprint density at radius 1 is 0.609 bits per heavy atom. The molecule has 0 saturated heterocycles. The van der Waals surface area contributed by atoms with Gasteiger partial charge in [-0.1, -0.05) is 160 Å². The molecule has 2 N–H and O–H groups in total. The number of aliphatic hydroxyl groups is 2. The number of unbranched alkanes of at least 4 members (excludes halogenated alkanes) is 15. The lowest BCUT2D eigenvalue weighted by atomic mass is 9.99. The highest BCUT2D eigenvalue weighted by Crippen LogP contribution is 2.15. The van der Waals surface area contributed by atoms with Crippen molar-refractivity contribution >= 4 is 11.9 Å². The molecule has 0 aromatic rings. The van der Waals surface area contributed by atoms with Crippen LogP contribution in [0.2, 0.25) is 0 Å². The minimum absolute atomic E-state index is 0.162. The molecule has 2 unspecified atom stereocenters. The van der Waals surface area contributed by atoms with Gasteiger partial charge in [0, 0.05) is 12.8 Å². The van der Waals surface area contributed by atoms with Crippen molar-refractivity contribution < 1.29 is 29.3 Å². The van der Waals surface area contributed by atoms with Crippen LogP contribution in [0.15, 0.2) is 36.5 Å². The van der Waals surface area contributed by atoms with Crippen LogP contribution in [-0.2, 0) is 19.1 Å². The number of hydrogen-bond acceptors (Lipinski definition) is 6. The molecular weight excluding hydrogens is 576 g/mol. The van der Waals surface area contributed by atoms with E-state index in [1.165, 1.54) is 96.3 Å². The van der Waals surface area contributed by atoms with Gasteiger partial charge in [0.25, 0.3) is 0 Å². The summed E-state index contributed by atoms with van der Waals surface area (Å²) in [6, 6.07) is 0. The van der Waals surface area contributed by atoms with Crippen molar-refractivity contribution in [3.05, 3.63) is 36.5 Å². The zero-order chi connectivity index (χ0) is 33.9.